The Morgan fingerprint density at radius 3 is 2.78 bits per heavy atom. The van der Waals surface area contributed by atoms with Gasteiger partial charge in [0.25, 0.3) is 0 Å². The third-order valence-electron chi connectivity index (χ3n) is 2.71. The molecule has 0 aliphatic rings. The molecule has 2 rings (SSSR count). The van der Waals surface area contributed by atoms with Gasteiger partial charge in [-0.15, -0.1) is 0 Å². The lowest BCUT2D eigenvalue weighted by Crippen LogP contribution is -2.21. The highest BCUT2D eigenvalue weighted by Gasteiger charge is 2.23. The largest absolute Gasteiger partial charge is 0.448 e. The number of nitrogens with one attached hydrogen (secondary N) is 1. The number of furan rings is 1. The Morgan fingerprint density at radius 1 is 1.44 bits per heavy atom. The third-order valence-corrected chi connectivity index (χ3v) is 3.20. The van der Waals surface area contributed by atoms with Crippen molar-refractivity contribution in [2.75, 3.05) is 7.05 Å². The maximum absolute atomic E-state index is 6.21. The number of hydrogen-bond acceptors (Lipinski definition) is 3. The van der Waals surface area contributed by atoms with Crippen molar-refractivity contribution >= 4 is 23.2 Å². The fraction of sp³-hybridized carbons (Fsp3) is 0.417. The lowest BCUT2D eigenvalue weighted by atomic mass is 10.1. The van der Waals surface area contributed by atoms with Gasteiger partial charge in [-0.25, -0.2) is 0 Å². The molecule has 6 heteroatoms. The molecule has 0 aromatic carbocycles. The van der Waals surface area contributed by atoms with Gasteiger partial charge in [-0.05, 0) is 37.2 Å². The number of halogens is 2. The Morgan fingerprint density at radius 2 is 2.22 bits per heavy atom. The van der Waals surface area contributed by atoms with Gasteiger partial charge in [-0.3, -0.25) is 4.68 Å². The maximum atomic E-state index is 6.21. The van der Waals surface area contributed by atoms with E-state index in [1.54, 1.807) is 12.3 Å². The summed E-state index contributed by atoms with van der Waals surface area (Å²) in [6.45, 7) is 2.91. The van der Waals surface area contributed by atoms with Crippen molar-refractivity contribution in [1.29, 1.82) is 0 Å². The first-order chi connectivity index (χ1) is 8.67. The smallest absolute Gasteiger partial charge is 0.193 e. The Kier molecular flexibility index (Phi) is 4.32. The summed E-state index contributed by atoms with van der Waals surface area (Å²) in [6.07, 6.45) is 2.64. The molecular formula is C12H15Cl2N3O. The summed E-state index contributed by atoms with van der Waals surface area (Å²) < 4.78 is 7.34. The van der Waals surface area contributed by atoms with Crippen molar-refractivity contribution < 1.29 is 4.42 Å². The fourth-order valence-electron chi connectivity index (χ4n) is 1.95. The molecule has 1 N–H and O–H groups in total. The first-order valence-electron chi connectivity index (χ1n) is 5.81. The number of aryl methyl sites for hydroxylation is 1. The van der Waals surface area contributed by atoms with Gasteiger partial charge in [0.2, 0.25) is 0 Å². The predicted octanol–water partition coefficient (Wildman–Crippen LogP) is 3.50. The number of nitrogens with zero attached hydrogens (tertiary/aromatic N) is 2. The zero-order valence-electron chi connectivity index (χ0n) is 10.3. The second kappa shape index (κ2) is 5.78. The predicted molar refractivity (Wildman–Crippen MR) is 72.1 cm³/mol. The molecule has 0 aliphatic carbocycles. The van der Waals surface area contributed by atoms with Crippen LogP contribution in [0.3, 0.4) is 0 Å². The minimum Gasteiger partial charge on any atom is -0.448 e. The van der Waals surface area contributed by atoms with Gasteiger partial charge in [0, 0.05) is 6.54 Å². The van der Waals surface area contributed by atoms with E-state index in [9.17, 15) is 0 Å². The lowest BCUT2D eigenvalue weighted by molar-refractivity contribution is 0.441. The van der Waals surface area contributed by atoms with Gasteiger partial charge >= 0.3 is 0 Å². The normalized spacial score (nSPS) is 12.9. The molecule has 0 aliphatic heterocycles. The topological polar surface area (TPSA) is 43.0 Å². The summed E-state index contributed by atoms with van der Waals surface area (Å²) in [6, 6.07) is 3.40. The molecule has 1 unspecified atom stereocenters. The van der Waals surface area contributed by atoms with Crippen molar-refractivity contribution in [2.45, 2.75) is 25.9 Å². The van der Waals surface area contributed by atoms with Gasteiger partial charge in [-0.1, -0.05) is 18.5 Å². The van der Waals surface area contributed by atoms with Crippen molar-refractivity contribution in [3.8, 4) is 0 Å². The van der Waals surface area contributed by atoms with E-state index in [-0.39, 0.29) is 6.04 Å². The zero-order chi connectivity index (χ0) is 13.1. The van der Waals surface area contributed by atoms with Crippen LogP contribution in [0.1, 0.15) is 30.8 Å². The number of rotatable bonds is 5. The van der Waals surface area contributed by atoms with Crippen LogP contribution in [0, 0.1) is 0 Å². The first kappa shape index (κ1) is 13.5. The van der Waals surface area contributed by atoms with E-state index >= 15 is 0 Å². The van der Waals surface area contributed by atoms with E-state index in [0.29, 0.717) is 10.2 Å². The molecule has 0 bridgehead atoms. The van der Waals surface area contributed by atoms with Crippen LogP contribution in [0.2, 0.25) is 10.2 Å². The SMILES string of the molecule is CCCn1ncc(Cl)c1C(NC)c1ccc(Cl)o1. The summed E-state index contributed by atoms with van der Waals surface area (Å²) in [7, 11) is 1.85. The molecule has 0 saturated heterocycles. The molecule has 0 fully saturated rings. The Hall–Kier alpha value is -0.970. The standard InChI is InChI=1S/C12H15Cl2N3O/c1-3-6-17-12(8(13)7-16-17)11(15-2)9-4-5-10(14)18-9/h4-5,7,11,15H,3,6H2,1-2H3. The summed E-state index contributed by atoms with van der Waals surface area (Å²) in [4.78, 5) is 0. The van der Waals surface area contributed by atoms with Crippen LogP contribution >= 0.6 is 23.2 Å². The van der Waals surface area contributed by atoms with Crippen LogP contribution in [0.5, 0.6) is 0 Å². The van der Waals surface area contributed by atoms with Crippen LogP contribution in [0.15, 0.2) is 22.7 Å². The first-order valence-corrected chi connectivity index (χ1v) is 6.56. The molecular weight excluding hydrogens is 273 g/mol. The molecule has 98 valence electrons. The molecule has 1 atom stereocenters. The summed E-state index contributed by atoms with van der Waals surface area (Å²) in [5.74, 6) is 0.724. The highest BCUT2D eigenvalue weighted by Crippen LogP contribution is 2.30. The fourth-order valence-corrected chi connectivity index (χ4v) is 2.35. The van der Waals surface area contributed by atoms with E-state index in [2.05, 4.69) is 17.3 Å². The molecule has 0 spiro atoms. The maximum Gasteiger partial charge on any atom is 0.193 e. The monoisotopic (exact) mass is 287 g/mol. The van der Waals surface area contributed by atoms with E-state index in [0.717, 1.165) is 24.4 Å². The second-order valence-corrected chi connectivity index (χ2v) is 4.74. The van der Waals surface area contributed by atoms with Gasteiger partial charge in [-0.2, -0.15) is 5.10 Å². The Balaban J connectivity index is 2.41. The highest BCUT2D eigenvalue weighted by molar-refractivity contribution is 6.31. The van der Waals surface area contributed by atoms with E-state index < -0.39 is 0 Å². The second-order valence-electron chi connectivity index (χ2n) is 3.96. The summed E-state index contributed by atoms with van der Waals surface area (Å²) >= 11 is 12.0. The number of aromatic nitrogens is 2. The molecule has 4 nitrogen and oxygen atoms in total. The highest BCUT2D eigenvalue weighted by atomic mass is 35.5. The summed E-state index contributed by atoms with van der Waals surface area (Å²) in [5, 5.41) is 8.44. The minimum absolute atomic E-state index is 0.154. The van der Waals surface area contributed by atoms with Gasteiger partial charge in [0.15, 0.2) is 5.22 Å². The van der Waals surface area contributed by atoms with Gasteiger partial charge in [0.1, 0.15) is 11.8 Å². The molecule has 0 saturated carbocycles. The molecule has 0 amide bonds. The van der Waals surface area contributed by atoms with Crippen LogP contribution in [0.4, 0.5) is 0 Å². The average molecular weight is 288 g/mol. The summed E-state index contributed by atoms with van der Waals surface area (Å²) in [5.41, 5.74) is 0.895. The zero-order valence-corrected chi connectivity index (χ0v) is 11.8. The third kappa shape index (κ3) is 2.55. The van der Waals surface area contributed by atoms with Gasteiger partial charge in [0.05, 0.1) is 16.9 Å². The van der Waals surface area contributed by atoms with E-state index in [1.165, 1.54) is 0 Å². The molecule has 18 heavy (non-hydrogen) atoms. The van der Waals surface area contributed by atoms with Crippen LogP contribution in [-0.4, -0.2) is 16.8 Å². The molecule has 0 radical (unpaired) electrons. The lowest BCUT2D eigenvalue weighted by Gasteiger charge is -2.16. The molecule has 2 aromatic heterocycles. The van der Waals surface area contributed by atoms with Crippen LogP contribution in [0.25, 0.3) is 0 Å². The van der Waals surface area contributed by atoms with Crippen molar-refractivity contribution in [1.82, 2.24) is 15.1 Å². The van der Waals surface area contributed by atoms with Crippen LogP contribution in [-0.2, 0) is 6.54 Å². The molecule has 2 heterocycles. The van der Waals surface area contributed by atoms with Crippen molar-refractivity contribution in [3.63, 3.8) is 0 Å². The van der Waals surface area contributed by atoms with Gasteiger partial charge < -0.3 is 9.73 Å². The minimum atomic E-state index is -0.154. The molecule has 2 aromatic rings. The van der Waals surface area contributed by atoms with E-state index in [1.807, 2.05) is 17.8 Å². The quantitative estimate of drug-likeness (QED) is 0.915. The van der Waals surface area contributed by atoms with E-state index in [4.69, 9.17) is 27.6 Å². The number of hydrogen-bond donors (Lipinski definition) is 1. The Labute approximate surface area is 116 Å². The van der Waals surface area contributed by atoms with Crippen molar-refractivity contribution in [3.05, 3.63) is 40.0 Å². The van der Waals surface area contributed by atoms with Crippen molar-refractivity contribution in [2.24, 2.45) is 0 Å². The van der Waals surface area contributed by atoms with Crippen LogP contribution < -0.4 is 5.32 Å². The average Bonchev–Trinajstić information content (AvgIpc) is 2.91. The Bertz CT molecular complexity index is 521.